The highest BCUT2D eigenvalue weighted by Gasteiger charge is 2.33. The Labute approximate surface area is 336 Å². The molecule has 0 spiro atoms. The van der Waals surface area contributed by atoms with Gasteiger partial charge in [0.15, 0.2) is 0 Å². The van der Waals surface area contributed by atoms with Crippen LogP contribution in [-0.4, -0.2) is 93.1 Å². The second-order valence-corrected chi connectivity index (χ2v) is 15.2. The SMILES string of the molecule is CC(C)C(NC(=O)N(C)Cc1ccccn1)C(=O)NC(Cc1ccccc1)C[C@H](O)C(Cc1ccccc1)NC(=O)C(NC(=O)N(C)Cc1ccccn1)C(C)C. The van der Waals surface area contributed by atoms with Crippen molar-refractivity contribution in [2.45, 2.75) is 90.3 Å². The molecule has 4 rings (SSSR count). The minimum Gasteiger partial charge on any atom is -0.391 e. The normalized spacial score (nSPS) is 13.8. The molecule has 304 valence electrons. The number of benzene rings is 2. The van der Waals surface area contributed by atoms with E-state index in [9.17, 15) is 24.3 Å². The Balaban J connectivity index is 1.52. The molecule has 13 nitrogen and oxygen atoms in total. The van der Waals surface area contributed by atoms with Crippen molar-refractivity contribution in [1.82, 2.24) is 41.0 Å². The van der Waals surface area contributed by atoms with Crippen LogP contribution in [0, 0.1) is 11.8 Å². The van der Waals surface area contributed by atoms with E-state index >= 15 is 0 Å². The van der Waals surface area contributed by atoms with E-state index in [2.05, 4.69) is 31.2 Å². The molecule has 0 radical (unpaired) electrons. The lowest BCUT2D eigenvalue weighted by Gasteiger charge is -2.32. The fraction of sp³-hybridized carbons (Fsp3) is 0.409. The fourth-order valence-electron chi connectivity index (χ4n) is 6.43. The molecule has 0 aliphatic rings. The Kier molecular flexibility index (Phi) is 17.0. The number of urea groups is 2. The molecule has 0 fully saturated rings. The molecule has 0 aliphatic heterocycles. The molecular formula is C44H58N8O5. The maximum Gasteiger partial charge on any atom is 0.318 e. The monoisotopic (exact) mass is 778 g/mol. The van der Waals surface area contributed by atoms with Gasteiger partial charge in [-0.15, -0.1) is 0 Å². The summed E-state index contributed by atoms with van der Waals surface area (Å²) in [4.78, 5) is 66.1. The first-order valence-electron chi connectivity index (χ1n) is 19.5. The number of carbonyl (C=O) groups is 4. The molecule has 0 aliphatic carbocycles. The largest absolute Gasteiger partial charge is 0.391 e. The molecule has 4 aromatic rings. The number of aromatic nitrogens is 2. The van der Waals surface area contributed by atoms with Crippen molar-refractivity contribution >= 4 is 23.9 Å². The van der Waals surface area contributed by atoms with Crippen LogP contribution in [0.2, 0.25) is 0 Å². The Morgan fingerprint density at radius 2 is 1.00 bits per heavy atom. The smallest absolute Gasteiger partial charge is 0.318 e. The number of hydrogen-bond acceptors (Lipinski definition) is 7. The quantitative estimate of drug-likeness (QED) is 0.0919. The highest BCUT2D eigenvalue weighted by Crippen LogP contribution is 2.16. The molecule has 4 unspecified atom stereocenters. The van der Waals surface area contributed by atoms with E-state index in [1.165, 1.54) is 9.80 Å². The average Bonchev–Trinajstić information content (AvgIpc) is 3.19. The number of carbonyl (C=O) groups excluding carboxylic acids is 4. The number of aliphatic hydroxyl groups is 1. The van der Waals surface area contributed by atoms with Gasteiger partial charge in [0, 0.05) is 32.5 Å². The van der Waals surface area contributed by atoms with Gasteiger partial charge in [0.25, 0.3) is 0 Å². The van der Waals surface area contributed by atoms with Crippen LogP contribution in [0.25, 0.3) is 0 Å². The summed E-state index contributed by atoms with van der Waals surface area (Å²) in [6.07, 6.45) is 2.98. The van der Waals surface area contributed by atoms with Crippen LogP contribution in [-0.2, 0) is 35.5 Å². The summed E-state index contributed by atoms with van der Waals surface area (Å²) in [5, 5.41) is 23.9. The van der Waals surface area contributed by atoms with Gasteiger partial charge in [0.2, 0.25) is 11.8 Å². The third kappa shape index (κ3) is 14.3. The maximum atomic E-state index is 14.0. The zero-order valence-corrected chi connectivity index (χ0v) is 33.8. The highest BCUT2D eigenvalue weighted by molar-refractivity contribution is 5.88. The van der Waals surface area contributed by atoms with Crippen LogP contribution in [0.3, 0.4) is 0 Å². The van der Waals surface area contributed by atoms with E-state index < -0.39 is 54.1 Å². The van der Waals surface area contributed by atoms with E-state index in [-0.39, 0.29) is 31.3 Å². The zero-order valence-electron chi connectivity index (χ0n) is 33.8. The van der Waals surface area contributed by atoms with Crippen molar-refractivity contribution < 1.29 is 24.3 Å². The second-order valence-electron chi connectivity index (χ2n) is 15.2. The third-order valence-corrected chi connectivity index (χ3v) is 9.69. The van der Waals surface area contributed by atoms with Gasteiger partial charge in [-0.3, -0.25) is 19.6 Å². The Morgan fingerprint density at radius 1 is 0.579 bits per heavy atom. The molecule has 0 saturated heterocycles. The van der Waals surface area contributed by atoms with Crippen LogP contribution in [0.5, 0.6) is 0 Å². The summed E-state index contributed by atoms with van der Waals surface area (Å²) in [7, 11) is 3.28. The first kappa shape index (κ1) is 43.9. The Hall–Kier alpha value is -5.82. The van der Waals surface area contributed by atoms with E-state index in [4.69, 9.17) is 0 Å². The molecular weight excluding hydrogens is 721 g/mol. The maximum absolute atomic E-state index is 14.0. The molecule has 2 heterocycles. The number of aliphatic hydroxyl groups excluding tert-OH is 1. The topological polar surface area (TPSA) is 169 Å². The number of nitrogens with zero attached hydrogens (tertiary/aromatic N) is 4. The van der Waals surface area contributed by atoms with Gasteiger partial charge in [-0.25, -0.2) is 9.59 Å². The number of amides is 6. The van der Waals surface area contributed by atoms with Crippen molar-refractivity contribution in [3.63, 3.8) is 0 Å². The predicted molar refractivity (Wildman–Crippen MR) is 221 cm³/mol. The molecule has 6 amide bonds. The summed E-state index contributed by atoms with van der Waals surface area (Å²) in [6, 6.07) is 26.1. The van der Waals surface area contributed by atoms with Crippen LogP contribution in [0.1, 0.15) is 56.6 Å². The average molecular weight is 779 g/mol. The summed E-state index contributed by atoms with van der Waals surface area (Å²) < 4.78 is 0. The van der Waals surface area contributed by atoms with Crippen molar-refractivity contribution in [3.8, 4) is 0 Å². The highest BCUT2D eigenvalue weighted by atomic mass is 16.3. The first-order valence-corrected chi connectivity index (χ1v) is 19.5. The first-order chi connectivity index (χ1) is 27.3. The van der Waals surface area contributed by atoms with Gasteiger partial charge in [-0.05, 0) is 66.5 Å². The number of rotatable bonds is 19. The van der Waals surface area contributed by atoms with Crippen LogP contribution in [0.15, 0.2) is 109 Å². The Morgan fingerprint density at radius 3 is 1.42 bits per heavy atom. The molecule has 2 aromatic heterocycles. The van der Waals surface area contributed by atoms with E-state index in [0.717, 1.165) is 11.1 Å². The van der Waals surface area contributed by atoms with Crippen molar-refractivity contribution in [3.05, 3.63) is 132 Å². The van der Waals surface area contributed by atoms with Gasteiger partial charge < -0.3 is 36.2 Å². The molecule has 5 atom stereocenters. The molecule has 0 bridgehead atoms. The van der Waals surface area contributed by atoms with Gasteiger partial charge in [-0.1, -0.05) is 100 Å². The van der Waals surface area contributed by atoms with Crippen molar-refractivity contribution in [2.24, 2.45) is 11.8 Å². The summed E-state index contributed by atoms with van der Waals surface area (Å²) >= 11 is 0. The second kappa shape index (κ2) is 22.1. The fourth-order valence-corrected chi connectivity index (χ4v) is 6.43. The number of hydrogen-bond donors (Lipinski definition) is 5. The van der Waals surface area contributed by atoms with Crippen LogP contribution in [0.4, 0.5) is 9.59 Å². The molecule has 13 heteroatoms. The lowest BCUT2D eigenvalue weighted by molar-refractivity contribution is -0.126. The molecule has 0 saturated carbocycles. The summed E-state index contributed by atoms with van der Waals surface area (Å²) in [5.41, 5.74) is 3.25. The lowest BCUT2D eigenvalue weighted by Crippen LogP contribution is -2.58. The van der Waals surface area contributed by atoms with Crippen molar-refractivity contribution in [2.75, 3.05) is 14.1 Å². The van der Waals surface area contributed by atoms with Crippen LogP contribution >= 0.6 is 0 Å². The minimum absolute atomic E-state index is 0.0856. The summed E-state index contributed by atoms with van der Waals surface area (Å²) in [6.45, 7) is 7.92. The van der Waals surface area contributed by atoms with Gasteiger partial charge >= 0.3 is 12.1 Å². The molecule has 57 heavy (non-hydrogen) atoms. The predicted octanol–water partition coefficient (Wildman–Crippen LogP) is 4.71. The zero-order chi connectivity index (χ0) is 41.3. The van der Waals surface area contributed by atoms with E-state index in [1.807, 2.05) is 113 Å². The van der Waals surface area contributed by atoms with E-state index in [0.29, 0.717) is 24.2 Å². The van der Waals surface area contributed by atoms with Gasteiger partial charge in [0.05, 0.1) is 36.6 Å². The lowest BCUT2D eigenvalue weighted by atomic mass is 9.92. The number of nitrogens with one attached hydrogen (secondary N) is 4. The van der Waals surface area contributed by atoms with Gasteiger partial charge in [0.1, 0.15) is 12.1 Å². The van der Waals surface area contributed by atoms with E-state index in [1.54, 1.807) is 38.6 Å². The summed E-state index contributed by atoms with van der Waals surface area (Å²) in [5.74, 6) is -1.36. The number of pyridine rings is 2. The van der Waals surface area contributed by atoms with Crippen LogP contribution < -0.4 is 21.3 Å². The standard InChI is InChI=1S/C44H58N8O5/c1-30(2)39(49-43(56)51(5)28-34-21-13-15-23-45-34)41(54)47-36(25-32-17-9-7-10-18-32)27-38(53)37(26-33-19-11-8-12-20-33)48-42(55)40(31(3)4)50-44(57)52(6)29-35-22-14-16-24-46-35/h7-24,30-31,36-40,53H,25-29H2,1-6H3,(H,47,54)(H,48,55)(H,49,56)(H,50,57)/t36?,37?,38-,39?,40?/m0/s1. The third-order valence-electron chi connectivity index (χ3n) is 9.69. The van der Waals surface area contributed by atoms with Gasteiger partial charge in [-0.2, -0.15) is 0 Å². The minimum atomic E-state index is -1.12. The molecule has 5 N–H and O–H groups in total. The molecule has 2 aromatic carbocycles. The van der Waals surface area contributed by atoms with Crippen molar-refractivity contribution in [1.29, 1.82) is 0 Å². The Bertz CT molecular complexity index is 1830.